The van der Waals surface area contributed by atoms with Crippen molar-refractivity contribution in [1.29, 1.82) is 0 Å². The number of hydrogen-bond acceptors (Lipinski definition) is 4. The lowest BCUT2D eigenvalue weighted by Gasteiger charge is -2.14. The summed E-state index contributed by atoms with van der Waals surface area (Å²) in [6.07, 6.45) is 1.73. The van der Waals surface area contributed by atoms with Crippen LogP contribution in [0.4, 0.5) is 0 Å². The van der Waals surface area contributed by atoms with Gasteiger partial charge in [0.1, 0.15) is 5.75 Å². The zero-order valence-corrected chi connectivity index (χ0v) is 18.0. The van der Waals surface area contributed by atoms with Crippen LogP contribution in [0.15, 0.2) is 42.5 Å². The molecule has 1 unspecified atom stereocenters. The molecule has 0 saturated heterocycles. The molecule has 0 saturated carbocycles. The molecule has 0 aliphatic heterocycles. The third kappa shape index (κ3) is 7.51. The molecule has 6 nitrogen and oxygen atoms in total. The van der Waals surface area contributed by atoms with Crippen LogP contribution in [0.3, 0.4) is 0 Å². The Labute approximate surface area is 173 Å². The Morgan fingerprint density at radius 2 is 1.72 bits per heavy atom. The van der Waals surface area contributed by atoms with Crippen LogP contribution in [-0.4, -0.2) is 43.5 Å². The summed E-state index contributed by atoms with van der Waals surface area (Å²) >= 11 is 0. The third-order valence-corrected chi connectivity index (χ3v) is 6.71. The fourth-order valence-electron chi connectivity index (χ4n) is 3.35. The second-order valence-electron chi connectivity index (χ2n) is 7.49. The lowest BCUT2D eigenvalue weighted by Crippen LogP contribution is -2.68. The molecule has 5 N–H and O–H groups in total. The Balaban J connectivity index is 1.76. The van der Waals surface area contributed by atoms with Gasteiger partial charge in [0.15, 0.2) is 15.9 Å². The molecule has 158 valence electrons. The van der Waals surface area contributed by atoms with E-state index < -0.39 is 15.9 Å². The fourth-order valence-corrected chi connectivity index (χ4v) is 4.55. The zero-order chi connectivity index (χ0) is 21.4. The van der Waals surface area contributed by atoms with E-state index in [1.165, 1.54) is 0 Å². The van der Waals surface area contributed by atoms with E-state index >= 15 is 0 Å². The average Bonchev–Trinajstić information content (AvgIpc) is 2.65. The Hall–Kier alpha value is -2.38. The molecule has 7 heteroatoms. The molecule has 0 spiro atoms. The number of amides is 1. The van der Waals surface area contributed by atoms with Crippen molar-refractivity contribution in [2.75, 3.05) is 18.1 Å². The number of aromatic hydroxyl groups is 1. The molecule has 0 bridgehead atoms. The number of hydrogen-bond donors (Lipinski definition) is 3. The Morgan fingerprint density at radius 3 is 2.34 bits per heavy atom. The number of sulfone groups is 1. The Kier molecular flexibility index (Phi) is 8.22. The van der Waals surface area contributed by atoms with E-state index in [2.05, 4.69) is 11.1 Å². The van der Waals surface area contributed by atoms with Gasteiger partial charge in [-0.1, -0.05) is 30.3 Å². The minimum absolute atomic E-state index is 0.0719. The number of quaternary nitrogens is 1. The second kappa shape index (κ2) is 10.4. The highest BCUT2D eigenvalue weighted by Crippen LogP contribution is 2.21. The van der Waals surface area contributed by atoms with Crippen molar-refractivity contribution < 1.29 is 24.1 Å². The third-order valence-electron chi connectivity index (χ3n) is 4.98. The van der Waals surface area contributed by atoms with E-state index in [1.54, 1.807) is 12.1 Å². The van der Waals surface area contributed by atoms with Gasteiger partial charge in [0.2, 0.25) is 0 Å². The highest BCUT2D eigenvalue weighted by molar-refractivity contribution is 7.91. The second-order valence-corrected chi connectivity index (χ2v) is 9.79. The first-order valence-electron chi connectivity index (χ1n) is 9.82. The highest BCUT2D eigenvalue weighted by atomic mass is 32.2. The fraction of sp³-hybridized carbons (Fsp3) is 0.409. The van der Waals surface area contributed by atoms with Crippen LogP contribution in [-0.2, 0) is 27.5 Å². The van der Waals surface area contributed by atoms with E-state index in [1.807, 2.05) is 44.2 Å². The molecule has 2 aromatic rings. The van der Waals surface area contributed by atoms with E-state index in [0.29, 0.717) is 12.8 Å². The monoisotopic (exact) mass is 419 g/mol. The van der Waals surface area contributed by atoms with Crippen molar-refractivity contribution >= 4 is 15.7 Å². The number of nitrogens with one attached hydrogen (secondary N) is 1. The topological polar surface area (TPSA) is 111 Å². The van der Waals surface area contributed by atoms with Gasteiger partial charge < -0.3 is 16.2 Å². The minimum atomic E-state index is -3.21. The van der Waals surface area contributed by atoms with Gasteiger partial charge in [0.25, 0.3) is 5.91 Å². The van der Waals surface area contributed by atoms with E-state index in [4.69, 9.17) is 0 Å². The van der Waals surface area contributed by atoms with Crippen LogP contribution in [0.25, 0.3) is 0 Å². The lowest BCUT2D eigenvalue weighted by atomic mass is 9.96. The van der Waals surface area contributed by atoms with Gasteiger partial charge in [-0.15, -0.1) is 0 Å². The van der Waals surface area contributed by atoms with E-state index in [-0.39, 0.29) is 29.7 Å². The van der Waals surface area contributed by atoms with Gasteiger partial charge in [-0.05, 0) is 61.1 Å². The molecule has 0 fully saturated rings. The van der Waals surface area contributed by atoms with Gasteiger partial charge in [-0.2, -0.15) is 0 Å². The van der Waals surface area contributed by atoms with E-state index in [0.717, 1.165) is 28.7 Å². The van der Waals surface area contributed by atoms with Crippen molar-refractivity contribution in [3.8, 4) is 5.75 Å². The smallest absolute Gasteiger partial charge is 0.278 e. The predicted octanol–water partition coefficient (Wildman–Crippen LogP) is 1.33. The maximum atomic E-state index is 12.3. The lowest BCUT2D eigenvalue weighted by molar-refractivity contribution is -0.403. The number of carbonyl (C=O) groups excluding carboxylic acids is 1. The number of rotatable bonds is 10. The molecular weight excluding hydrogens is 388 g/mol. The Morgan fingerprint density at radius 1 is 1.10 bits per heavy atom. The van der Waals surface area contributed by atoms with Crippen molar-refractivity contribution in [3.05, 3.63) is 64.7 Å². The van der Waals surface area contributed by atoms with Crippen LogP contribution < -0.4 is 11.1 Å². The van der Waals surface area contributed by atoms with Crippen molar-refractivity contribution in [3.63, 3.8) is 0 Å². The molecule has 1 atom stereocenters. The van der Waals surface area contributed by atoms with Crippen molar-refractivity contribution in [2.45, 2.75) is 39.2 Å². The molecule has 29 heavy (non-hydrogen) atoms. The largest absolute Gasteiger partial charge is 0.508 e. The van der Waals surface area contributed by atoms with Crippen LogP contribution in [0, 0.1) is 13.8 Å². The predicted molar refractivity (Wildman–Crippen MR) is 114 cm³/mol. The number of aryl methyl sites for hydroxylation is 3. The maximum Gasteiger partial charge on any atom is 0.278 e. The summed E-state index contributed by atoms with van der Waals surface area (Å²) in [5, 5.41) is 12.3. The molecule has 1 amide bonds. The summed E-state index contributed by atoms with van der Waals surface area (Å²) in [5.41, 5.74) is 7.83. The molecule has 2 rings (SSSR count). The normalized spacial score (nSPS) is 12.5. The molecule has 0 heterocycles. The van der Waals surface area contributed by atoms with Crippen LogP contribution in [0.1, 0.15) is 28.7 Å². The van der Waals surface area contributed by atoms with Gasteiger partial charge >= 0.3 is 0 Å². The molecule has 0 aliphatic carbocycles. The summed E-state index contributed by atoms with van der Waals surface area (Å²) in [5.74, 6) is -0.0303. The van der Waals surface area contributed by atoms with Crippen LogP contribution >= 0.6 is 0 Å². The Bertz CT molecular complexity index is 904. The minimum Gasteiger partial charge on any atom is -0.508 e. The van der Waals surface area contributed by atoms with E-state index in [9.17, 15) is 18.3 Å². The van der Waals surface area contributed by atoms with Gasteiger partial charge in [-0.3, -0.25) is 4.79 Å². The van der Waals surface area contributed by atoms with Gasteiger partial charge in [0, 0.05) is 13.0 Å². The molecule has 0 radical (unpaired) electrons. The molecule has 0 aliphatic rings. The maximum absolute atomic E-state index is 12.3. The van der Waals surface area contributed by atoms with Crippen LogP contribution in [0.5, 0.6) is 5.75 Å². The van der Waals surface area contributed by atoms with Gasteiger partial charge in [0.05, 0.1) is 11.5 Å². The number of benzene rings is 2. The average molecular weight is 420 g/mol. The summed E-state index contributed by atoms with van der Waals surface area (Å²) in [6.45, 7) is 3.86. The van der Waals surface area contributed by atoms with Crippen molar-refractivity contribution in [1.82, 2.24) is 5.32 Å². The number of phenols is 1. The summed E-state index contributed by atoms with van der Waals surface area (Å²) in [4.78, 5) is 12.3. The SMILES string of the molecule is Cc1cc(O)cc(C)c1CC([NH3+])C(=O)NCCS(=O)(=O)CCCc1ccccc1. The first kappa shape index (κ1) is 22.9. The molecular formula is C22H31N2O4S+. The zero-order valence-electron chi connectivity index (χ0n) is 17.1. The number of phenolic OH excluding ortho intramolecular Hbond substituents is 1. The quantitative estimate of drug-likeness (QED) is 0.539. The summed E-state index contributed by atoms with van der Waals surface area (Å²) < 4.78 is 24.4. The first-order chi connectivity index (χ1) is 13.7. The number of carbonyl (C=O) groups is 1. The summed E-state index contributed by atoms with van der Waals surface area (Å²) in [6, 6.07) is 12.6. The molecule has 2 aromatic carbocycles. The van der Waals surface area contributed by atoms with Crippen LogP contribution in [0.2, 0.25) is 0 Å². The first-order valence-corrected chi connectivity index (χ1v) is 11.6. The summed E-state index contributed by atoms with van der Waals surface area (Å²) in [7, 11) is -3.21. The highest BCUT2D eigenvalue weighted by Gasteiger charge is 2.21. The van der Waals surface area contributed by atoms with Gasteiger partial charge in [-0.25, -0.2) is 8.42 Å². The standard InChI is InChI=1S/C22H30N2O4S/c1-16-13-19(25)14-17(2)20(16)15-21(23)22(26)24-10-12-29(27,28)11-6-9-18-7-4-3-5-8-18/h3-5,7-8,13-14,21,25H,6,9-12,15,23H2,1-2H3,(H,24,26)/p+1. The molecule has 0 aromatic heterocycles. The van der Waals surface area contributed by atoms with Crippen molar-refractivity contribution in [2.24, 2.45) is 0 Å².